The Morgan fingerprint density at radius 3 is 2.56 bits per heavy atom. The molecule has 4 aliphatic rings. The van der Waals surface area contributed by atoms with Gasteiger partial charge in [0.2, 0.25) is 0 Å². The molecule has 2 fully saturated rings. The Hall–Kier alpha value is -1.78. The van der Waals surface area contributed by atoms with E-state index in [0.29, 0.717) is 35.9 Å². The highest BCUT2D eigenvalue weighted by molar-refractivity contribution is 5.76. The number of carboxylic acid groups (broad SMARTS) is 1. The average Bonchev–Trinajstić information content (AvgIpc) is 3.14. The maximum Gasteiger partial charge on any atom is 0.306 e. The molecule has 5 heteroatoms. The Labute approximate surface area is 217 Å². The van der Waals surface area contributed by atoms with E-state index in [1.807, 2.05) is 0 Å². The lowest BCUT2D eigenvalue weighted by atomic mass is 9.49. The molecule has 0 amide bonds. The van der Waals surface area contributed by atoms with Gasteiger partial charge in [0.15, 0.2) is 0 Å². The summed E-state index contributed by atoms with van der Waals surface area (Å²) in [6.45, 7) is 11.8. The third-order valence-electron chi connectivity index (χ3n) is 10.6. The molecule has 8 atom stereocenters. The van der Waals surface area contributed by atoms with Gasteiger partial charge in [-0.1, -0.05) is 65.5 Å². The second kappa shape index (κ2) is 10.5. The van der Waals surface area contributed by atoms with Crippen LogP contribution in [-0.4, -0.2) is 28.3 Å². The second-order valence-electron chi connectivity index (χ2n) is 13.3. The van der Waals surface area contributed by atoms with Crippen molar-refractivity contribution in [2.24, 2.45) is 46.3 Å². The van der Waals surface area contributed by atoms with Crippen LogP contribution in [0.4, 0.5) is 0 Å². The van der Waals surface area contributed by atoms with E-state index in [4.69, 9.17) is 9.84 Å². The molecule has 0 aromatic rings. The van der Waals surface area contributed by atoms with E-state index in [1.165, 1.54) is 37.7 Å². The summed E-state index contributed by atoms with van der Waals surface area (Å²) in [5, 5.41) is 20.4. The summed E-state index contributed by atoms with van der Waals surface area (Å²) in [7, 11) is 0. The van der Waals surface area contributed by atoms with E-state index in [2.05, 4.69) is 46.8 Å². The molecule has 0 aromatic carbocycles. The van der Waals surface area contributed by atoms with Gasteiger partial charge in [-0.15, -0.1) is 0 Å². The fourth-order valence-electron chi connectivity index (χ4n) is 8.76. The number of ether oxygens (including phenoxy) is 1. The molecule has 0 saturated heterocycles. The molecule has 0 unspecified atom stereocenters. The highest BCUT2D eigenvalue weighted by Gasteiger charge is 2.59. The highest BCUT2D eigenvalue weighted by atomic mass is 16.5. The number of aliphatic carboxylic acids is 1. The summed E-state index contributed by atoms with van der Waals surface area (Å²) in [6, 6.07) is 0. The Bertz CT molecular complexity index is 903. The fraction of sp³-hybridized carbons (Fsp3) is 0.806. The third kappa shape index (κ3) is 5.13. The van der Waals surface area contributed by atoms with E-state index in [1.54, 1.807) is 0 Å². The molecule has 0 bridgehead atoms. The van der Waals surface area contributed by atoms with Crippen molar-refractivity contribution < 1.29 is 24.5 Å². The van der Waals surface area contributed by atoms with Gasteiger partial charge < -0.3 is 14.9 Å². The van der Waals surface area contributed by atoms with Crippen molar-refractivity contribution in [2.45, 2.75) is 111 Å². The zero-order chi connectivity index (χ0) is 26.3. The monoisotopic (exact) mass is 500 g/mol. The van der Waals surface area contributed by atoms with Crippen LogP contribution in [0.15, 0.2) is 23.5 Å². The molecular weight excluding hydrogens is 452 g/mol. The smallest absolute Gasteiger partial charge is 0.306 e. The first-order valence-corrected chi connectivity index (χ1v) is 14.5. The molecule has 5 nitrogen and oxygen atoms in total. The minimum atomic E-state index is -0.977. The van der Waals surface area contributed by atoms with Gasteiger partial charge in [-0.05, 0) is 78.6 Å². The van der Waals surface area contributed by atoms with Gasteiger partial charge in [-0.2, -0.15) is 0 Å². The Morgan fingerprint density at radius 1 is 1.11 bits per heavy atom. The minimum absolute atomic E-state index is 0.0705. The molecule has 202 valence electrons. The van der Waals surface area contributed by atoms with Gasteiger partial charge in [0, 0.05) is 12.3 Å². The molecule has 0 spiro atoms. The Balaban J connectivity index is 1.47. The number of fused-ring (bicyclic) bond motifs is 5. The average molecular weight is 501 g/mol. The normalized spacial score (nSPS) is 38.3. The summed E-state index contributed by atoms with van der Waals surface area (Å²) >= 11 is 0. The van der Waals surface area contributed by atoms with Crippen LogP contribution in [0.1, 0.15) is 105 Å². The summed E-state index contributed by atoms with van der Waals surface area (Å²) in [5.41, 5.74) is 1.28. The number of hydrogen-bond acceptors (Lipinski definition) is 4. The molecule has 2 N–H and O–H groups in total. The number of carbonyl (C=O) groups is 2. The standard InChI is InChI=1S/C31H48O5/c1-19(2)7-6-8-20(3)24-11-12-25-23-10-9-21-17-22(36-28(35)14-13-27(33)34)15-16-30(21,4)29(23)26(32)18-31(24,25)5/h9,18-20,22-25,29,32H,6-8,10-17H2,1-5H3,(H,33,34)/t20-,22+,23+,24-,25+,29-,30+,31-/m1/s1. The van der Waals surface area contributed by atoms with Crippen LogP contribution in [0.25, 0.3) is 0 Å². The van der Waals surface area contributed by atoms with Crippen LogP contribution in [0.2, 0.25) is 0 Å². The maximum atomic E-state index is 12.1. The van der Waals surface area contributed by atoms with Crippen LogP contribution in [-0.2, 0) is 14.3 Å². The predicted molar refractivity (Wildman–Crippen MR) is 141 cm³/mol. The van der Waals surface area contributed by atoms with E-state index in [0.717, 1.165) is 25.2 Å². The summed E-state index contributed by atoms with van der Waals surface area (Å²) in [6.07, 6.45) is 13.9. The van der Waals surface area contributed by atoms with Crippen molar-refractivity contribution in [3.8, 4) is 0 Å². The van der Waals surface area contributed by atoms with Crippen molar-refractivity contribution in [1.82, 2.24) is 0 Å². The van der Waals surface area contributed by atoms with Crippen molar-refractivity contribution in [3.63, 3.8) is 0 Å². The van der Waals surface area contributed by atoms with Crippen LogP contribution in [0.5, 0.6) is 0 Å². The predicted octanol–water partition coefficient (Wildman–Crippen LogP) is 7.47. The van der Waals surface area contributed by atoms with Crippen molar-refractivity contribution in [2.75, 3.05) is 0 Å². The quantitative estimate of drug-likeness (QED) is 0.253. The van der Waals surface area contributed by atoms with Crippen molar-refractivity contribution in [1.29, 1.82) is 0 Å². The highest BCUT2D eigenvalue weighted by Crippen LogP contribution is 2.66. The van der Waals surface area contributed by atoms with Gasteiger partial charge in [0.1, 0.15) is 6.10 Å². The van der Waals surface area contributed by atoms with E-state index in [-0.39, 0.29) is 35.7 Å². The summed E-state index contributed by atoms with van der Waals surface area (Å²) < 4.78 is 5.65. The first-order chi connectivity index (χ1) is 17.0. The molecular formula is C31H48O5. The van der Waals surface area contributed by atoms with Gasteiger partial charge in [-0.25, -0.2) is 0 Å². The van der Waals surface area contributed by atoms with E-state index >= 15 is 0 Å². The zero-order valence-electron chi connectivity index (χ0n) is 23.1. The number of carbonyl (C=O) groups excluding carboxylic acids is 1. The summed E-state index contributed by atoms with van der Waals surface area (Å²) in [5.74, 6) is 2.50. The van der Waals surface area contributed by atoms with Crippen molar-refractivity contribution >= 4 is 11.9 Å². The molecule has 0 aliphatic heterocycles. The molecule has 4 aliphatic carbocycles. The van der Waals surface area contributed by atoms with Crippen LogP contribution >= 0.6 is 0 Å². The molecule has 0 heterocycles. The number of aliphatic hydroxyl groups excluding tert-OH is 1. The SMILES string of the molecule is CC(C)CCC[C@@H](C)[C@H]1CC[C@H]2[C@@H]3CC=C4C[C@@H](OC(=O)CCC(=O)O)CC[C@]4(C)[C@H]3C(O)=C[C@]12C. The third-order valence-corrected chi connectivity index (χ3v) is 10.6. The molecule has 0 radical (unpaired) electrons. The number of allylic oxidation sites excluding steroid dienone is 3. The Morgan fingerprint density at radius 2 is 1.86 bits per heavy atom. The minimum Gasteiger partial charge on any atom is -0.512 e. The van der Waals surface area contributed by atoms with Crippen LogP contribution in [0, 0.1) is 46.3 Å². The van der Waals surface area contributed by atoms with E-state index < -0.39 is 11.9 Å². The first-order valence-electron chi connectivity index (χ1n) is 14.5. The Kier molecular flexibility index (Phi) is 7.98. The lowest BCUT2D eigenvalue weighted by Crippen LogP contribution is -2.50. The first kappa shape index (κ1) is 27.3. The number of hydrogen-bond donors (Lipinski definition) is 2. The van der Waals surface area contributed by atoms with Crippen LogP contribution in [0.3, 0.4) is 0 Å². The topological polar surface area (TPSA) is 83.8 Å². The number of rotatable bonds is 9. The number of esters is 1. The van der Waals surface area contributed by atoms with Crippen molar-refractivity contribution in [3.05, 3.63) is 23.5 Å². The molecule has 0 aromatic heterocycles. The molecule has 2 saturated carbocycles. The van der Waals surface area contributed by atoms with E-state index in [9.17, 15) is 14.7 Å². The maximum absolute atomic E-state index is 12.1. The van der Waals surface area contributed by atoms with Gasteiger partial charge >= 0.3 is 11.9 Å². The number of carboxylic acids is 1. The lowest BCUT2D eigenvalue weighted by molar-refractivity contribution is -0.153. The fourth-order valence-corrected chi connectivity index (χ4v) is 8.76. The zero-order valence-corrected chi connectivity index (χ0v) is 23.1. The molecule has 4 rings (SSSR count). The molecule has 36 heavy (non-hydrogen) atoms. The van der Waals surface area contributed by atoms with Gasteiger partial charge in [0.05, 0.1) is 18.6 Å². The summed E-state index contributed by atoms with van der Waals surface area (Å²) in [4.78, 5) is 22.9. The lowest BCUT2D eigenvalue weighted by Gasteiger charge is -2.56. The second-order valence-corrected chi connectivity index (χ2v) is 13.3. The van der Waals surface area contributed by atoms with Crippen LogP contribution < -0.4 is 0 Å². The van der Waals surface area contributed by atoms with Gasteiger partial charge in [0.25, 0.3) is 0 Å². The largest absolute Gasteiger partial charge is 0.512 e. The van der Waals surface area contributed by atoms with Gasteiger partial charge in [-0.3, -0.25) is 9.59 Å². The number of aliphatic hydroxyl groups is 1.